The van der Waals surface area contributed by atoms with E-state index < -0.39 is 88.8 Å². The van der Waals surface area contributed by atoms with Gasteiger partial charge in [-0.05, 0) is 68.1 Å². The summed E-state index contributed by atoms with van der Waals surface area (Å²) >= 11 is 0. The predicted octanol–water partition coefficient (Wildman–Crippen LogP) is 8.52. The maximum atomic E-state index is 14.3. The summed E-state index contributed by atoms with van der Waals surface area (Å²) in [5.41, 5.74) is -2.02. The topological polar surface area (TPSA) is 52.6 Å². The fourth-order valence-corrected chi connectivity index (χ4v) is 8.53. The summed E-state index contributed by atoms with van der Waals surface area (Å²) in [5, 5.41) is 0. The van der Waals surface area contributed by atoms with Crippen LogP contribution in [0.3, 0.4) is 0 Å². The largest absolute Gasteiger partial charge is 0.460 e. The van der Waals surface area contributed by atoms with E-state index in [4.69, 9.17) is 4.74 Å². The van der Waals surface area contributed by atoms with Crippen molar-refractivity contribution in [2.24, 2.45) is 34.5 Å². The van der Waals surface area contributed by atoms with E-state index in [2.05, 4.69) is 4.74 Å². The molecule has 4 aliphatic rings. The average molecular weight is 685 g/mol. The number of alkyl halides is 14. The molecule has 4 rings (SSSR count). The molecular formula is C27H30F14O4. The Balaban J connectivity index is 1.66. The van der Waals surface area contributed by atoms with Gasteiger partial charge in [0.25, 0.3) is 0 Å². The van der Waals surface area contributed by atoms with Crippen molar-refractivity contribution in [2.75, 3.05) is 0 Å². The first kappa shape index (κ1) is 35.8. The van der Waals surface area contributed by atoms with Gasteiger partial charge in [-0.15, -0.1) is 0 Å². The number of carbonyl (C=O) groups excluding carboxylic acids is 2. The zero-order chi connectivity index (χ0) is 34.4. The van der Waals surface area contributed by atoms with E-state index in [1.165, 1.54) is 6.92 Å². The monoisotopic (exact) mass is 684 g/mol. The van der Waals surface area contributed by atoms with Crippen molar-refractivity contribution in [3.63, 3.8) is 0 Å². The van der Waals surface area contributed by atoms with E-state index >= 15 is 0 Å². The number of esters is 2. The third-order valence-corrected chi connectivity index (χ3v) is 11.0. The SMILES string of the molecule is C[C@]12CCC3C(C1CC[C@@H]2OC(=O)C(F)(F)C(F)(F)C(F)(F)F)[C@H](OC(=O)C(F)(F)C(F)(F)C(F)(F)F)C[C@H]1CCCC[C@]31C. The molecule has 0 aliphatic heterocycles. The molecule has 45 heavy (non-hydrogen) atoms. The molecule has 18 heteroatoms. The summed E-state index contributed by atoms with van der Waals surface area (Å²) < 4.78 is 197. The lowest BCUT2D eigenvalue weighted by Crippen LogP contribution is -2.61. The van der Waals surface area contributed by atoms with Crippen molar-refractivity contribution in [1.82, 2.24) is 0 Å². The molecule has 8 atom stereocenters. The van der Waals surface area contributed by atoms with Gasteiger partial charge in [-0.25, -0.2) is 9.59 Å². The summed E-state index contributed by atoms with van der Waals surface area (Å²) in [6, 6.07) is 0. The van der Waals surface area contributed by atoms with Crippen molar-refractivity contribution in [3.8, 4) is 0 Å². The molecule has 0 aromatic rings. The van der Waals surface area contributed by atoms with Crippen LogP contribution in [-0.2, 0) is 19.1 Å². The van der Waals surface area contributed by atoms with Gasteiger partial charge >= 0.3 is 48.0 Å². The van der Waals surface area contributed by atoms with Gasteiger partial charge in [0.1, 0.15) is 12.2 Å². The molecule has 4 saturated carbocycles. The Kier molecular flexibility index (Phi) is 8.55. The third kappa shape index (κ3) is 5.25. The second-order valence-electron chi connectivity index (χ2n) is 13.2. The molecule has 0 saturated heterocycles. The molecule has 0 N–H and O–H groups in total. The van der Waals surface area contributed by atoms with Gasteiger partial charge in [0.05, 0.1) is 0 Å². The Morgan fingerprint density at radius 3 is 1.60 bits per heavy atom. The van der Waals surface area contributed by atoms with Crippen LogP contribution in [0.2, 0.25) is 0 Å². The van der Waals surface area contributed by atoms with E-state index in [1.807, 2.05) is 6.92 Å². The Morgan fingerprint density at radius 1 is 0.600 bits per heavy atom. The highest BCUT2D eigenvalue weighted by Gasteiger charge is 2.79. The first-order chi connectivity index (χ1) is 20.2. The molecule has 0 spiro atoms. The van der Waals surface area contributed by atoms with Crippen LogP contribution in [0.15, 0.2) is 0 Å². The maximum absolute atomic E-state index is 14.3. The second-order valence-corrected chi connectivity index (χ2v) is 13.2. The molecule has 0 bridgehead atoms. The van der Waals surface area contributed by atoms with Gasteiger partial charge in [-0.3, -0.25) is 0 Å². The van der Waals surface area contributed by atoms with Crippen molar-refractivity contribution in [1.29, 1.82) is 0 Å². The molecule has 4 aliphatic carbocycles. The van der Waals surface area contributed by atoms with Crippen LogP contribution in [0.5, 0.6) is 0 Å². The summed E-state index contributed by atoms with van der Waals surface area (Å²) in [4.78, 5) is 24.4. The fraction of sp³-hybridized carbons (Fsp3) is 0.926. The molecule has 0 amide bonds. The van der Waals surface area contributed by atoms with Crippen molar-refractivity contribution in [2.45, 2.75) is 120 Å². The van der Waals surface area contributed by atoms with Gasteiger partial charge in [-0.2, -0.15) is 61.5 Å². The Labute approximate surface area is 247 Å². The standard InChI is InChI=1S/C27H30F14O4/c1-20-9-4-3-5-12(20)11-15(44-18(42)22(28,29)24(32,33)26(36,37)38)17-13-6-7-16(21(13,2)10-8-14(17)20)45-19(43)23(30,31)25(34,35)27(39,40)41/h12-17H,3-11H2,1-2H3/t12-,13?,14?,15-,16+,17?,20+,21+/m1/s1. The molecule has 0 aromatic carbocycles. The van der Waals surface area contributed by atoms with E-state index in [-0.39, 0.29) is 38.0 Å². The third-order valence-electron chi connectivity index (χ3n) is 11.0. The van der Waals surface area contributed by atoms with Gasteiger partial charge in [0.2, 0.25) is 0 Å². The lowest BCUT2D eigenvalue weighted by atomic mass is 9.44. The predicted molar refractivity (Wildman–Crippen MR) is 123 cm³/mol. The molecule has 260 valence electrons. The average Bonchev–Trinajstić information content (AvgIpc) is 3.23. The number of hydrogen-bond acceptors (Lipinski definition) is 4. The van der Waals surface area contributed by atoms with E-state index in [9.17, 15) is 71.1 Å². The highest BCUT2D eigenvalue weighted by Crippen LogP contribution is 2.67. The molecular weight excluding hydrogens is 654 g/mol. The van der Waals surface area contributed by atoms with E-state index in [0.29, 0.717) is 19.3 Å². The number of ether oxygens (including phenoxy) is 2. The summed E-state index contributed by atoms with van der Waals surface area (Å²) in [5.74, 6) is -35.3. The minimum atomic E-state index is -6.82. The van der Waals surface area contributed by atoms with E-state index in [0.717, 1.165) is 6.42 Å². The number of fused-ring (bicyclic) bond motifs is 5. The van der Waals surface area contributed by atoms with Crippen molar-refractivity contribution >= 4 is 11.9 Å². The highest BCUT2D eigenvalue weighted by molar-refractivity contribution is 5.80. The summed E-state index contributed by atoms with van der Waals surface area (Å²) in [7, 11) is 0. The fourth-order valence-electron chi connectivity index (χ4n) is 8.53. The van der Waals surface area contributed by atoms with Gasteiger partial charge in [-0.1, -0.05) is 26.7 Å². The molecule has 0 radical (unpaired) electrons. The molecule has 0 heterocycles. The van der Waals surface area contributed by atoms with Crippen LogP contribution in [0.25, 0.3) is 0 Å². The second kappa shape index (κ2) is 10.7. The van der Waals surface area contributed by atoms with Gasteiger partial charge in [0.15, 0.2) is 0 Å². The van der Waals surface area contributed by atoms with Crippen LogP contribution < -0.4 is 0 Å². The maximum Gasteiger partial charge on any atom is 0.460 e. The minimum absolute atomic E-state index is 0.0172. The highest BCUT2D eigenvalue weighted by atomic mass is 19.4. The van der Waals surface area contributed by atoms with Crippen LogP contribution in [0.4, 0.5) is 61.5 Å². The zero-order valence-corrected chi connectivity index (χ0v) is 23.8. The molecule has 0 aromatic heterocycles. The van der Waals surface area contributed by atoms with Crippen LogP contribution in [0, 0.1) is 34.5 Å². The first-order valence-corrected chi connectivity index (χ1v) is 14.2. The lowest BCUT2D eigenvalue weighted by Gasteiger charge is -2.62. The zero-order valence-electron chi connectivity index (χ0n) is 23.8. The number of halogens is 14. The van der Waals surface area contributed by atoms with Crippen LogP contribution in [0.1, 0.15) is 71.6 Å². The van der Waals surface area contributed by atoms with Crippen LogP contribution >= 0.6 is 0 Å². The van der Waals surface area contributed by atoms with Gasteiger partial charge < -0.3 is 9.47 Å². The normalized spacial score (nSPS) is 36.4. The number of rotatable bonds is 6. The summed E-state index contributed by atoms with van der Waals surface area (Å²) in [6.07, 6.45) is -15.1. The number of hydrogen-bond donors (Lipinski definition) is 0. The lowest BCUT2D eigenvalue weighted by molar-refractivity contribution is -0.350. The smallest absolute Gasteiger partial charge is 0.457 e. The Hall–Kier alpha value is -2.04. The van der Waals surface area contributed by atoms with Crippen LogP contribution in [-0.4, -0.2) is 60.2 Å². The van der Waals surface area contributed by atoms with Crippen molar-refractivity contribution in [3.05, 3.63) is 0 Å². The Morgan fingerprint density at radius 2 is 1.09 bits per heavy atom. The molecule has 3 unspecified atom stereocenters. The molecule has 4 fully saturated rings. The quantitative estimate of drug-likeness (QED) is 0.208. The minimum Gasteiger partial charge on any atom is -0.457 e. The molecule has 4 nitrogen and oxygen atoms in total. The number of carbonyl (C=O) groups is 2. The first-order valence-electron chi connectivity index (χ1n) is 14.2. The Bertz CT molecular complexity index is 1170. The van der Waals surface area contributed by atoms with Crippen molar-refractivity contribution < 1.29 is 80.5 Å². The van der Waals surface area contributed by atoms with E-state index in [1.54, 1.807) is 0 Å². The summed E-state index contributed by atoms with van der Waals surface area (Å²) in [6.45, 7) is 3.20. The van der Waals surface area contributed by atoms with Gasteiger partial charge in [0, 0.05) is 11.3 Å².